The second-order valence-corrected chi connectivity index (χ2v) is 9.67. The number of allylic oxidation sites excluding steroid dienone is 1. The Bertz CT molecular complexity index is 1410. The highest BCUT2D eigenvalue weighted by atomic mass is 35.5. The van der Waals surface area contributed by atoms with Crippen LogP contribution in [-0.4, -0.2) is 35.2 Å². The van der Waals surface area contributed by atoms with E-state index in [2.05, 4.69) is 20.6 Å². The Kier molecular flexibility index (Phi) is 6.90. The van der Waals surface area contributed by atoms with Crippen LogP contribution in [0.3, 0.4) is 0 Å². The van der Waals surface area contributed by atoms with Crippen molar-refractivity contribution in [1.82, 2.24) is 10.3 Å². The number of aliphatic imine (C=N–C) groups is 1. The van der Waals surface area contributed by atoms with E-state index in [9.17, 15) is 22.4 Å². The van der Waals surface area contributed by atoms with Crippen LogP contribution in [0.5, 0.6) is 0 Å². The Morgan fingerprint density at radius 3 is 2.46 bits per heavy atom. The highest BCUT2D eigenvalue weighted by Gasteiger charge is 2.34. The van der Waals surface area contributed by atoms with Gasteiger partial charge < -0.3 is 10.6 Å². The van der Waals surface area contributed by atoms with Crippen LogP contribution in [0, 0.1) is 5.82 Å². The number of anilines is 1. The largest absolute Gasteiger partial charge is 0.433 e. The average Bonchev–Trinajstić information content (AvgIpc) is 3.35. The number of nitrogens with one attached hydrogen (secondary N) is 2. The zero-order valence-electron chi connectivity index (χ0n) is 19.6. The summed E-state index contributed by atoms with van der Waals surface area (Å²) in [5, 5.41) is 7.20. The minimum absolute atomic E-state index is 0.0690. The standard InChI is InChI=1S/C27H23ClF4N4O/c28-16-5-10-22-20(12-16)24(13-25(36-22)27(30,31)32)34-17-6-8-18(9-7-17)35-26(37)15-11-23(33-14-15)19-3-1-2-4-21(19)29/h1-5,10-13,17-18H,6-9,14H2,(H,34,36)(H,35,37). The molecule has 1 fully saturated rings. The lowest BCUT2D eigenvalue weighted by Gasteiger charge is -2.31. The predicted octanol–water partition coefficient (Wildman–Crippen LogP) is 6.31. The van der Waals surface area contributed by atoms with Gasteiger partial charge in [0.15, 0.2) is 0 Å². The molecule has 1 aromatic heterocycles. The van der Waals surface area contributed by atoms with Crippen LogP contribution in [0.15, 0.2) is 65.2 Å². The number of benzene rings is 2. The molecule has 10 heteroatoms. The molecular formula is C27H23ClF4N4O. The number of amides is 1. The molecule has 3 aromatic rings. The van der Waals surface area contributed by atoms with Gasteiger partial charge in [-0.05, 0) is 68.2 Å². The molecule has 1 aliphatic carbocycles. The number of hydrogen-bond donors (Lipinski definition) is 2. The van der Waals surface area contributed by atoms with E-state index in [4.69, 9.17) is 11.6 Å². The van der Waals surface area contributed by atoms with Crippen LogP contribution in [0.2, 0.25) is 5.02 Å². The second-order valence-electron chi connectivity index (χ2n) is 9.23. The number of rotatable bonds is 5. The monoisotopic (exact) mass is 530 g/mol. The lowest BCUT2D eigenvalue weighted by molar-refractivity contribution is -0.140. The number of nitrogens with zero attached hydrogens (tertiary/aromatic N) is 2. The first-order valence-electron chi connectivity index (χ1n) is 11.9. The van der Waals surface area contributed by atoms with E-state index in [0.29, 0.717) is 58.6 Å². The topological polar surface area (TPSA) is 66.4 Å². The smallest absolute Gasteiger partial charge is 0.382 e. The number of fused-ring (bicyclic) bond motifs is 1. The maximum atomic E-state index is 14.0. The van der Waals surface area contributed by atoms with Crippen LogP contribution in [0.25, 0.3) is 10.9 Å². The molecule has 5 rings (SSSR count). The quantitative estimate of drug-likeness (QED) is 0.380. The average molecular weight is 531 g/mol. The summed E-state index contributed by atoms with van der Waals surface area (Å²) in [6, 6.07) is 11.8. The van der Waals surface area contributed by atoms with Gasteiger partial charge in [-0.3, -0.25) is 9.79 Å². The normalized spacial score (nSPS) is 19.9. The summed E-state index contributed by atoms with van der Waals surface area (Å²) in [5.74, 6) is -0.632. The fraction of sp³-hybridized carbons (Fsp3) is 0.296. The Labute approximate surface area is 215 Å². The molecule has 2 N–H and O–H groups in total. The Morgan fingerprint density at radius 1 is 1.00 bits per heavy atom. The number of hydrogen-bond acceptors (Lipinski definition) is 4. The second kappa shape index (κ2) is 10.1. The summed E-state index contributed by atoms with van der Waals surface area (Å²) in [4.78, 5) is 20.8. The first-order valence-corrected chi connectivity index (χ1v) is 12.3. The van der Waals surface area contributed by atoms with Gasteiger partial charge in [0.2, 0.25) is 5.91 Å². The SMILES string of the molecule is O=C(NC1CCC(Nc2cc(C(F)(F)F)nc3ccc(Cl)cc23)CC1)C1=CC(c2ccccc2F)=NC1. The molecule has 1 amide bonds. The van der Waals surface area contributed by atoms with Gasteiger partial charge in [0.1, 0.15) is 11.5 Å². The number of alkyl halides is 3. The van der Waals surface area contributed by atoms with Crippen molar-refractivity contribution in [3.05, 3.63) is 82.3 Å². The summed E-state index contributed by atoms with van der Waals surface area (Å²) < 4.78 is 54.3. The zero-order chi connectivity index (χ0) is 26.2. The lowest BCUT2D eigenvalue weighted by Crippen LogP contribution is -2.41. The number of aromatic nitrogens is 1. The summed E-state index contributed by atoms with van der Waals surface area (Å²) >= 11 is 6.09. The molecule has 0 unspecified atom stereocenters. The van der Waals surface area contributed by atoms with Gasteiger partial charge in [0.05, 0.1) is 17.8 Å². The van der Waals surface area contributed by atoms with Crippen molar-refractivity contribution in [3.63, 3.8) is 0 Å². The molecule has 0 atom stereocenters. The summed E-state index contributed by atoms with van der Waals surface area (Å²) in [6.45, 7) is 0.186. The van der Waals surface area contributed by atoms with Crippen molar-refractivity contribution in [1.29, 1.82) is 0 Å². The number of carbonyl (C=O) groups excluding carboxylic acids is 1. The molecule has 5 nitrogen and oxygen atoms in total. The van der Waals surface area contributed by atoms with Gasteiger partial charge in [-0.2, -0.15) is 13.2 Å². The third-order valence-electron chi connectivity index (χ3n) is 6.66. The van der Waals surface area contributed by atoms with Gasteiger partial charge in [0, 0.05) is 39.3 Å². The van der Waals surface area contributed by atoms with Crippen molar-refractivity contribution < 1.29 is 22.4 Å². The number of pyridine rings is 1. The van der Waals surface area contributed by atoms with Crippen molar-refractivity contribution >= 4 is 39.8 Å². The molecule has 0 spiro atoms. The molecule has 1 saturated carbocycles. The molecule has 0 saturated heterocycles. The van der Waals surface area contributed by atoms with Crippen LogP contribution in [0.1, 0.15) is 36.9 Å². The molecule has 2 aromatic carbocycles. The van der Waals surface area contributed by atoms with Crippen LogP contribution in [0.4, 0.5) is 23.2 Å². The third-order valence-corrected chi connectivity index (χ3v) is 6.89. The van der Waals surface area contributed by atoms with Crippen molar-refractivity contribution in [2.24, 2.45) is 4.99 Å². The molecular weight excluding hydrogens is 508 g/mol. The Morgan fingerprint density at radius 2 is 1.73 bits per heavy atom. The first-order chi connectivity index (χ1) is 17.7. The summed E-state index contributed by atoms with van der Waals surface area (Å²) in [5.41, 5.74) is 0.853. The highest BCUT2D eigenvalue weighted by molar-refractivity contribution is 6.31. The lowest BCUT2D eigenvalue weighted by atomic mass is 9.90. The van der Waals surface area contributed by atoms with Gasteiger partial charge >= 0.3 is 6.18 Å². The van der Waals surface area contributed by atoms with E-state index in [1.165, 1.54) is 18.2 Å². The molecule has 0 bridgehead atoms. The first kappa shape index (κ1) is 25.2. The van der Waals surface area contributed by atoms with Crippen molar-refractivity contribution in [3.8, 4) is 0 Å². The van der Waals surface area contributed by atoms with Crippen molar-refractivity contribution in [2.45, 2.75) is 43.9 Å². The van der Waals surface area contributed by atoms with Crippen LogP contribution >= 0.6 is 11.6 Å². The minimum atomic E-state index is -4.57. The maximum Gasteiger partial charge on any atom is 0.433 e. The molecule has 2 aliphatic rings. The van der Waals surface area contributed by atoms with Gasteiger partial charge in [-0.25, -0.2) is 9.37 Å². The maximum absolute atomic E-state index is 14.0. The van der Waals surface area contributed by atoms with Crippen LogP contribution < -0.4 is 10.6 Å². The van der Waals surface area contributed by atoms with Crippen molar-refractivity contribution in [2.75, 3.05) is 11.9 Å². The van der Waals surface area contributed by atoms with E-state index in [1.54, 1.807) is 30.3 Å². The number of halogens is 5. The fourth-order valence-corrected chi connectivity index (χ4v) is 4.91. The summed E-state index contributed by atoms with van der Waals surface area (Å²) in [7, 11) is 0. The number of carbonyl (C=O) groups is 1. The predicted molar refractivity (Wildman–Crippen MR) is 135 cm³/mol. The molecule has 1 aliphatic heterocycles. The minimum Gasteiger partial charge on any atom is -0.382 e. The van der Waals surface area contributed by atoms with E-state index in [-0.39, 0.29) is 30.1 Å². The van der Waals surface area contributed by atoms with E-state index in [0.717, 1.165) is 6.07 Å². The highest BCUT2D eigenvalue weighted by Crippen LogP contribution is 2.35. The van der Waals surface area contributed by atoms with Gasteiger partial charge in [-0.15, -0.1) is 0 Å². The van der Waals surface area contributed by atoms with Gasteiger partial charge in [0.25, 0.3) is 0 Å². The van der Waals surface area contributed by atoms with E-state index in [1.807, 2.05) is 0 Å². The van der Waals surface area contributed by atoms with Gasteiger partial charge in [-0.1, -0.05) is 23.7 Å². The Balaban J connectivity index is 1.21. The fourth-order valence-electron chi connectivity index (χ4n) is 4.74. The van der Waals surface area contributed by atoms with E-state index < -0.39 is 17.7 Å². The Hall–Kier alpha value is -3.46. The third kappa shape index (κ3) is 5.61. The summed E-state index contributed by atoms with van der Waals surface area (Å²) in [6.07, 6.45) is -0.323. The zero-order valence-corrected chi connectivity index (χ0v) is 20.3. The molecule has 192 valence electrons. The van der Waals surface area contributed by atoms with Crippen LogP contribution in [-0.2, 0) is 11.0 Å². The molecule has 37 heavy (non-hydrogen) atoms. The molecule has 2 heterocycles. The molecule has 0 radical (unpaired) electrons. The van der Waals surface area contributed by atoms with E-state index >= 15 is 0 Å².